The third-order valence-electron chi connectivity index (χ3n) is 3.07. The standard InChI is InChI=1S/C16H15NO5/c1-2-22-16(21)12-8-9-17(14(18)13(12)15(19)20)10-11-6-4-3-5-7-11/h3-9H,2,10H2,1H3,(H,19,20). The SMILES string of the molecule is CCOC(=O)c1ccn(Cc2ccccc2)c(=O)c1C(=O)O. The Morgan fingerprint density at radius 2 is 1.86 bits per heavy atom. The molecule has 0 saturated carbocycles. The molecule has 6 heteroatoms. The van der Waals surface area contributed by atoms with E-state index in [9.17, 15) is 19.5 Å². The summed E-state index contributed by atoms with van der Waals surface area (Å²) in [5.41, 5.74) is -0.688. The van der Waals surface area contributed by atoms with Gasteiger partial charge < -0.3 is 14.4 Å². The van der Waals surface area contributed by atoms with E-state index in [1.54, 1.807) is 6.92 Å². The Morgan fingerprint density at radius 1 is 1.18 bits per heavy atom. The first-order valence-corrected chi connectivity index (χ1v) is 6.72. The molecule has 22 heavy (non-hydrogen) atoms. The summed E-state index contributed by atoms with van der Waals surface area (Å²) in [5, 5.41) is 9.23. The van der Waals surface area contributed by atoms with Crippen LogP contribution in [-0.4, -0.2) is 28.2 Å². The molecular weight excluding hydrogens is 286 g/mol. The van der Waals surface area contributed by atoms with Gasteiger partial charge in [-0.15, -0.1) is 0 Å². The Labute approximate surface area is 126 Å². The maximum absolute atomic E-state index is 12.3. The Hall–Kier alpha value is -2.89. The molecule has 0 bridgehead atoms. The molecule has 0 aliphatic carbocycles. The number of carbonyl (C=O) groups is 2. The molecule has 2 rings (SSSR count). The number of ether oxygens (including phenoxy) is 1. The van der Waals surface area contributed by atoms with Gasteiger partial charge in [0, 0.05) is 6.20 Å². The van der Waals surface area contributed by atoms with Crippen molar-refractivity contribution in [1.29, 1.82) is 0 Å². The predicted octanol–water partition coefficient (Wildman–Crippen LogP) is 1.77. The fourth-order valence-electron chi connectivity index (χ4n) is 2.06. The van der Waals surface area contributed by atoms with Crippen molar-refractivity contribution in [1.82, 2.24) is 4.57 Å². The van der Waals surface area contributed by atoms with E-state index in [2.05, 4.69) is 0 Å². The van der Waals surface area contributed by atoms with Crippen LogP contribution in [-0.2, 0) is 11.3 Å². The van der Waals surface area contributed by atoms with Gasteiger partial charge in [-0.3, -0.25) is 4.79 Å². The minimum atomic E-state index is -1.45. The smallest absolute Gasteiger partial charge is 0.342 e. The monoisotopic (exact) mass is 301 g/mol. The highest BCUT2D eigenvalue weighted by atomic mass is 16.5. The lowest BCUT2D eigenvalue weighted by Crippen LogP contribution is -2.30. The van der Waals surface area contributed by atoms with Crippen LogP contribution < -0.4 is 5.56 Å². The molecule has 0 aliphatic rings. The van der Waals surface area contributed by atoms with Gasteiger partial charge in [0.15, 0.2) is 0 Å². The Balaban J connectivity index is 2.47. The van der Waals surface area contributed by atoms with E-state index in [1.165, 1.54) is 16.8 Å². The summed E-state index contributed by atoms with van der Waals surface area (Å²) < 4.78 is 6.03. The average molecular weight is 301 g/mol. The summed E-state index contributed by atoms with van der Waals surface area (Å²) in [6.07, 6.45) is 1.40. The van der Waals surface area contributed by atoms with Crippen molar-refractivity contribution in [2.45, 2.75) is 13.5 Å². The van der Waals surface area contributed by atoms with Gasteiger partial charge in [-0.1, -0.05) is 30.3 Å². The topological polar surface area (TPSA) is 85.6 Å². The first-order valence-electron chi connectivity index (χ1n) is 6.72. The highest BCUT2D eigenvalue weighted by Gasteiger charge is 2.22. The highest BCUT2D eigenvalue weighted by Crippen LogP contribution is 2.08. The molecule has 6 nitrogen and oxygen atoms in total. The van der Waals surface area contributed by atoms with Crippen molar-refractivity contribution < 1.29 is 19.4 Å². The Kier molecular flexibility index (Phi) is 4.73. The molecule has 1 aromatic carbocycles. The third-order valence-corrected chi connectivity index (χ3v) is 3.07. The van der Waals surface area contributed by atoms with Crippen molar-refractivity contribution in [3.63, 3.8) is 0 Å². The number of aromatic nitrogens is 1. The number of benzene rings is 1. The lowest BCUT2D eigenvalue weighted by molar-refractivity contribution is 0.0513. The van der Waals surface area contributed by atoms with Crippen LogP contribution in [0.25, 0.3) is 0 Å². The molecule has 114 valence electrons. The van der Waals surface area contributed by atoms with Crippen molar-refractivity contribution in [2.24, 2.45) is 0 Å². The first-order chi connectivity index (χ1) is 10.5. The number of carbonyl (C=O) groups excluding carboxylic acids is 1. The van der Waals surface area contributed by atoms with Gasteiger partial charge >= 0.3 is 11.9 Å². The Morgan fingerprint density at radius 3 is 2.45 bits per heavy atom. The van der Waals surface area contributed by atoms with Crippen molar-refractivity contribution in [3.05, 3.63) is 69.6 Å². The molecule has 0 spiro atoms. The number of pyridine rings is 1. The molecule has 0 aliphatic heterocycles. The van der Waals surface area contributed by atoms with E-state index in [0.717, 1.165) is 5.56 Å². The molecule has 0 radical (unpaired) electrons. The average Bonchev–Trinajstić information content (AvgIpc) is 2.50. The number of nitrogens with zero attached hydrogens (tertiary/aromatic N) is 1. The maximum atomic E-state index is 12.3. The number of carboxylic acid groups (broad SMARTS) is 1. The molecule has 0 amide bonds. The minimum Gasteiger partial charge on any atom is -0.477 e. The molecular formula is C16H15NO5. The molecule has 1 heterocycles. The molecule has 0 saturated heterocycles. The fourth-order valence-corrected chi connectivity index (χ4v) is 2.06. The van der Waals surface area contributed by atoms with Crippen LogP contribution in [0.3, 0.4) is 0 Å². The number of rotatable bonds is 5. The summed E-state index contributed by atoms with van der Waals surface area (Å²) in [6, 6.07) is 10.4. The van der Waals surface area contributed by atoms with E-state index in [-0.39, 0.29) is 18.7 Å². The molecule has 0 fully saturated rings. The summed E-state index contributed by atoms with van der Waals surface area (Å²) in [5.74, 6) is -2.26. The Bertz CT molecular complexity index is 749. The third kappa shape index (κ3) is 3.22. The first kappa shape index (κ1) is 15.5. The van der Waals surface area contributed by atoms with Gasteiger partial charge in [0.25, 0.3) is 5.56 Å². The highest BCUT2D eigenvalue weighted by molar-refractivity contribution is 6.02. The summed E-state index contributed by atoms with van der Waals surface area (Å²) in [4.78, 5) is 35.4. The second kappa shape index (κ2) is 6.71. The van der Waals surface area contributed by atoms with Crippen LogP contribution in [0, 0.1) is 0 Å². The quantitative estimate of drug-likeness (QED) is 0.851. The fraction of sp³-hybridized carbons (Fsp3) is 0.188. The van der Waals surface area contributed by atoms with Crippen LogP contribution in [0.15, 0.2) is 47.4 Å². The zero-order chi connectivity index (χ0) is 16.1. The zero-order valence-corrected chi connectivity index (χ0v) is 12.0. The normalized spacial score (nSPS) is 10.2. The summed E-state index contributed by atoms with van der Waals surface area (Å²) in [6.45, 7) is 1.93. The number of esters is 1. The molecule has 0 atom stereocenters. The maximum Gasteiger partial charge on any atom is 0.342 e. The van der Waals surface area contributed by atoms with Gasteiger partial charge in [-0.05, 0) is 18.6 Å². The van der Waals surface area contributed by atoms with Crippen LogP contribution in [0.5, 0.6) is 0 Å². The van der Waals surface area contributed by atoms with E-state index in [0.29, 0.717) is 0 Å². The van der Waals surface area contributed by atoms with Gasteiger partial charge in [0.2, 0.25) is 0 Å². The summed E-state index contributed by atoms with van der Waals surface area (Å²) in [7, 11) is 0. The number of carboxylic acids is 1. The van der Waals surface area contributed by atoms with E-state index in [4.69, 9.17) is 4.74 Å². The number of hydrogen-bond acceptors (Lipinski definition) is 4. The van der Waals surface area contributed by atoms with Crippen molar-refractivity contribution in [2.75, 3.05) is 6.61 Å². The minimum absolute atomic E-state index is 0.102. The van der Waals surface area contributed by atoms with E-state index < -0.39 is 23.1 Å². The second-order valence-corrected chi connectivity index (χ2v) is 4.55. The molecule has 2 aromatic rings. The van der Waals surface area contributed by atoms with Crippen LogP contribution in [0.4, 0.5) is 0 Å². The molecule has 0 unspecified atom stereocenters. The second-order valence-electron chi connectivity index (χ2n) is 4.55. The lowest BCUT2D eigenvalue weighted by Gasteiger charge is -2.10. The molecule has 1 N–H and O–H groups in total. The van der Waals surface area contributed by atoms with Crippen LogP contribution in [0.2, 0.25) is 0 Å². The van der Waals surface area contributed by atoms with Gasteiger partial charge in [-0.2, -0.15) is 0 Å². The summed E-state index contributed by atoms with van der Waals surface area (Å²) >= 11 is 0. The number of hydrogen-bond donors (Lipinski definition) is 1. The van der Waals surface area contributed by atoms with Gasteiger partial charge in [0.1, 0.15) is 5.56 Å². The van der Waals surface area contributed by atoms with Gasteiger partial charge in [0.05, 0.1) is 18.7 Å². The predicted molar refractivity (Wildman–Crippen MR) is 79.2 cm³/mol. The van der Waals surface area contributed by atoms with Crippen LogP contribution >= 0.6 is 0 Å². The zero-order valence-electron chi connectivity index (χ0n) is 12.0. The van der Waals surface area contributed by atoms with Crippen LogP contribution in [0.1, 0.15) is 33.2 Å². The lowest BCUT2D eigenvalue weighted by atomic mass is 10.1. The van der Waals surface area contributed by atoms with Crippen molar-refractivity contribution in [3.8, 4) is 0 Å². The van der Waals surface area contributed by atoms with Gasteiger partial charge in [-0.25, -0.2) is 9.59 Å². The largest absolute Gasteiger partial charge is 0.477 e. The number of aromatic carboxylic acids is 1. The van der Waals surface area contributed by atoms with E-state index in [1.807, 2.05) is 30.3 Å². The van der Waals surface area contributed by atoms with Crippen molar-refractivity contribution >= 4 is 11.9 Å². The molecule has 1 aromatic heterocycles. The van der Waals surface area contributed by atoms with E-state index >= 15 is 0 Å².